The van der Waals surface area contributed by atoms with E-state index in [1.54, 1.807) is 12.1 Å². The minimum atomic E-state index is -3.28. The van der Waals surface area contributed by atoms with Gasteiger partial charge in [-0.15, -0.1) is 0 Å². The highest BCUT2D eigenvalue weighted by molar-refractivity contribution is 7.92. The zero-order valence-electron chi connectivity index (χ0n) is 14.7. The van der Waals surface area contributed by atoms with Crippen molar-refractivity contribution >= 4 is 21.7 Å². The van der Waals surface area contributed by atoms with E-state index in [1.807, 2.05) is 49.3 Å². The first kappa shape index (κ1) is 18.8. The first-order valence-corrected chi connectivity index (χ1v) is 9.79. The van der Waals surface area contributed by atoms with Crippen molar-refractivity contribution in [3.05, 3.63) is 65.7 Å². The standard InChI is InChI=1S/C18H24N4O2S/c1-22(2)18(19-13-15-8-5-4-6-9-15)20-14-16-10-7-11-17(12-16)21-25(3,23)24/h4-12,21H,13-14H2,1-3H3,(H,19,20). The van der Waals surface area contributed by atoms with Crippen molar-refractivity contribution in [1.29, 1.82) is 0 Å². The van der Waals surface area contributed by atoms with E-state index >= 15 is 0 Å². The minimum absolute atomic E-state index is 0.453. The maximum Gasteiger partial charge on any atom is 0.229 e. The van der Waals surface area contributed by atoms with Crippen LogP contribution in [0.1, 0.15) is 11.1 Å². The zero-order chi connectivity index (χ0) is 18.3. The second-order valence-electron chi connectivity index (χ2n) is 5.95. The molecule has 2 N–H and O–H groups in total. The number of hydrogen-bond acceptors (Lipinski definition) is 3. The van der Waals surface area contributed by atoms with Crippen LogP contribution in [0.5, 0.6) is 0 Å². The molecular formula is C18H24N4O2S. The predicted octanol–water partition coefficient (Wildman–Crippen LogP) is 2.27. The van der Waals surface area contributed by atoms with Crippen molar-refractivity contribution in [2.45, 2.75) is 13.1 Å². The number of benzene rings is 2. The number of rotatable bonds is 6. The fourth-order valence-electron chi connectivity index (χ4n) is 2.25. The lowest BCUT2D eigenvalue weighted by Crippen LogP contribution is -2.36. The number of hydrogen-bond donors (Lipinski definition) is 2. The summed E-state index contributed by atoms with van der Waals surface area (Å²) in [6, 6.07) is 17.3. The Hall–Kier alpha value is -2.54. The van der Waals surface area contributed by atoms with E-state index in [9.17, 15) is 8.42 Å². The highest BCUT2D eigenvalue weighted by Crippen LogP contribution is 2.13. The van der Waals surface area contributed by atoms with E-state index < -0.39 is 10.0 Å². The summed E-state index contributed by atoms with van der Waals surface area (Å²) in [5.74, 6) is 0.769. The lowest BCUT2D eigenvalue weighted by molar-refractivity contribution is 0.578. The Morgan fingerprint density at radius 3 is 2.36 bits per heavy atom. The molecule has 0 saturated heterocycles. The van der Waals surface area contributed by atoms with Crippen LogP contribution < -0.4 is 10.0 Å². The third-order valence-corrected chi connectivity index (χ3v) is 3.97. The van der Waals surface area contributed by atoms with Gasteiger partial charge >= 0.3 is 0 Å². The summed E-state index contributed by atoms with van der Waals surface area (Å²) in [5.41, 5.74) is 2.64. The molecule has 0 fully saturated rings. The highest BCUT2D eigenvalue weighted by atomic mass is 32.2. The Kier molecular flexibility index (Phi) is 6.41. The van der Waals surface area contributed by atoms with E-state index in [-0.39, 0.29) is 0 Å². The smallest absolute Gasteiger partial charge is 0.229 e. The van der Waals surface area contributed by atoms with E-state index in [2.05, 4.69) is 27.2 Å². The average molecular weight is 360 g/mol. The molecule has 0 aliphatic heterocycles. The van der Waals surface area contributed by atoms with E-state index in [1.165, 1.54) is 5.56 Å². The molecule has 0 aromatic heterocycles. The van der Waals surface area contributed by atoms with Crippen molar-refractivity contribution in [1.82, 2.24) is 10.2 Å². The van der Waals surface area contributed by atoms with Crippen LogP contribution in [-0.2, 0) is 23.1 Å². The molecule has 0 radical (unpaired) electrons. The topological polar surface area (TPSA) is 73.8 Å². The number of aliphatic imine (C=N–C) groups is 1. The molecule has 0 spiro atoms. The van der Waals surface area contributed by atoms with Crippen LogP contribution in [0.25, 0.3) is 0 Å². The summed E-state index contributed by atoms with van der Waals surface area (Å²) in [7, 11) is 0.574. The van der Waals surface area contributed by atoms with Gasteiger partial charge in [0.15, 0.2) is 5.96 Å². The van der Waals surface area contributed by atoms with Crippen LogP contribution in [0.3, 0.4) is 0 Å². The van der Waals surface area contributed by atoms with E-state index in [4.69, 9.17) is 0 Å². The lowest BCUT2D eigenvalue weighted by Gasteiger charge is -2.18. The number of anilines is 1. The molecule has 0 unspecified atom stereocenters. The van der Waals surface area contributed by atoms with Gasteiger partial charge in [0.25, 0.3) is 0 Å². The SMILES string of the molecule is CN(C)C(=NCc1cccc(NS(C)(=O)=O)c1)NCc1ccccc1. The normalized spacial score (nSPS) is 11.9. The molecule has 0 amide bonds. The molecule has 0 atom stereocenters. The van der Waals surface area contributed by atoms with Crippen molar-refractivity contribution < 1.29 is 8.42 Å². The molecule has 2 rings (SSSR count). The largest absolute Gasteiger partial charge is 0.352 e. The fourth-order valence-corrected chi connectivity index (χ4v) is 2.80. The molecule has 0 bridgehead atoms. The van der Waals surface area contributed by atoms with Crippen molar-refractivity contribution in [2.24, 2.45) is 4.99 Å². The lowest BCUT2D eigenvalue weighted by atomic mass is 10.2. The third kappa shape index (κ3) is 6.84. The highest BCUT2D eigenvalue weighted by Gasteiger charge is 2.04. The van der Waals surface area contributed by atoms with Crippen molar-refractivity contribution in [3.63, 3.8) is 0 Å². The van der Waals surface area contributed by atoms with Gasteiger partial charge in [0.2, 0.25) is 10.0 Å². The zero-order valence-corrected chi connectivity index (χ0v) is 15.5. The summed E-state index contributed by atoms with van der Waals surface area (Å²) in [6.45, 7) is 1.14. The van der Waals surface area contributed by atoms with Gasteiger partial charge in [-0.3, -0.25) is 4.72 Å². The van der Waals surface area contributed by atoms with Gasteiger partial charge in [-0.05, 0) is 23.3 Å². The van der Waals surface area contributed by atoms with Crippen LogP contribution in [0.15, 0.2) is 59.6 Å². The van der Waals surface area contributed by atoms with Gasteiger partial charge in [0, 0.05) is 26.3 Å². The summed E-state index contributed by atoms with van der Waals surface area (Å²) >= 11 is 0. The molecule has 0 saturated carbocycles. The fraction of sp³-hybridized carbons (Fsp3) is 0.278. The molecule has 6 nitrogen and oxygen atoms in total. The van der Waals surface area contributed by atoms with Gasteiger partial charge in [0.05, 0.1) is 12.8 Å². The minimum Gasteiger partial charge on any atom is -0.352 e. The van der Waals surface area contributed by atoms with Crippen LogP contribution in [0.2, 0.25) is 0 Å². The second-order valence-corrected chi connectivity index (χ2v) is 7.70. The Labute approximate surface area is 149 Å². The van der Waals surface area contributed by atoms with E-state index in [0.29, 0.717) is 18.8 Å². The van der Waals surface area contributed by atoms with Gasteiger partial charge < -0.3 is 10.2 Å². The number of sulfonamides is 1. The number of guanidine groups is 1. The molecule has 0 heterocycles. The van der Waals surface area contributed by atoms with Crippen LogP contribution >= 0.6 is 0 Å². The maximum atomic E-state index is 11.3. The first-order chi connectivity index (χ1) is 11.8. The monoisotopic (exact) mass is 360 g/mol. The van der Waals surface area contributed by atoms with Crippen LogP contribution in [0.4, 0.5) is 5.69 Å². The Bertz CT molecular complexity index is 818. The predicted molar refractivity (Wildman–Crippen MR) is 103 cm³/mol. The van der Waals surface area contributed by atoms with Crippen molar-refractivity contribution in [3.8, 4) is 0 Å². The second kappa shape index (κ2) is 8.53. The summed E-state index contributed by atoms with van der Waals surface area (Å²) in [5, 5.41) is 3.32. The third-order valence-electron chi connectivity index (χ3n) is 3.36. The first-order valence-electron chi connectivity index (χ1n) is 7.90. The average Bonchev–Trinajstić information content (AvgIpc) is 2.54. The van der Waals surface area contributed by atoms with E-state index in [0.717, 1.165) is 17.8 Å². The maximum absolute atomic E-state index is 11.3. The summed E-state index contributed by atoms with van der Waals surface area (Å²) in [6.07, 6.45) is 1.13. The molecule has 2 aromatic rings. The summed E-state index contributed by atoms with van der Waals surface area (Å²) < 4.78 is 25.1. The molecule has 25 heavy (non-hydrogen) atoms. The molecule has 0 aliphatic rings. The number of nitrogens with one attached hydrogen (secondary N) is 2. The molecule has 134 valence electrons. The molecule has 2 aromatic carbocycles. The molecular weight excluding hydrogens is 336 g/mol. The number of nitrogens with zero attached hydrogens (tertiary/aromatic N) is 2. The van der Waals surface area contributed by atoms with Crippen LogP contribution in [-0.4, -0.2) is 39.6 Å². The van der Waals surface area contributed by atoms with Gasteiger partial charge in [-0.1, -0.05) is 42.5 Å². The van der Waals surface area contributed by atoms with Gasteiger partial charge in [-0.25, -0.2) is 13.4 Å². The Morgan fingerprint density at radius 2 is 1.72 bits per heavy atom. The van der Waals surface area contributed by atoms with Crippen LogP contribution in [0, 0.1) is 0 Å². The Morgan fingerprint density at radius 1 is 1.04 bits per heavy atom. The van der Waals surface area contributed by atoms with Crippen molar-refractivity contribution in [2.75, 3.05) is 25.1 Å². The Balaban J connectivity index is 2.04. The summed E-state index contributed by atoms with van der Waals surface area (Å²) in [4.78, 5) is 6.52. The molecule has 0 aliphatic carbocycles. The van der Waals surface area contributed by atoms with Gasteiger partial charge in [0.1, 0.15) is 0 Å². The molecule has 7 heteroatoms. The van der Waals surface area contributed by atoms with Gasteiger partial charge in [-0.2, -0.15) is 0 Å². The quantitative estimate of drug-likeness (QED) is 0.612.